The minimum atomic E-state index is -3.35. The number of hydrogen-bond donors (Lipinski definition) is 2. The van der Waals surface area contributed by atoms with Crippen molar-refractivity contribution in [2.75, 3.05) is 12.8 Å². The van der Waals surface area contributed by atoms with Gasteiger partial charge >= 0.3 is 126 Å². The molecular formula is C16H37O3P. The molecule has 0 fully saturated rings. The Morgan fingerprint density at radius 2 is 1.10 bits per heavy atom. The van der Waals surface area contributed by atoms with Gasteiger partial charge in [0.05, 0.1) is 0 Å². The van der Waals surface area contributed by atoms with Gasteiger partial charge in [-0.05, 0) is 0 Å². The second-order valence-corrected chi connectivity index (χ2v) is 8.15. The van der Waals surface area contributed by atoms with Crippen LogP contribution in [0.2, 0.25) is 0 Å². The molecule has 0 aliphatic carbocycles. The second kappa shape index (κ2) is 14.3. The molecule has 0 aliphatic heterocycles. The summed E-state index contributed by atoms with van der Waals surface area (Å²) in [5.74, 6) is 0. The first kappa shape index (κ1) is 20.3. The van der Waals surface area contributed by atoms with Crippen molar-refractivity contribution in [3.8, 4) is 0 Å². The van der Waals surface area contributed by atoms with Gasteiger partial charge in [-0.15, -0.1) is 0 Å². The quantitative estimate of drug-likeness (QED) is 0.323. The molecule has 0 spiro atoms. The first-order chi connectivity index (χ1) is 9.62. The molecule has 0 aromatic heterocycles. The number of unbranched alkanes of at least 4 members (excludes halogenated alkanes) is 10. The first-order valence-electron chi connectivity index (χ1n) is 8.71. The van der Waals surface area contributed by atoms with Crippen LogP contribution in [0.4, 0.5) is 0 Å². The third kappa shape index (κ3) is 14.7. The predicted molar refractivity (Wildman–Crippen MR) is 90.3 cm³/mol. The molecule has 0 saturated carbocycles. The number of rotatable bonds is 15. The summed E-state index contributed by atoms with van der Waals surface area (Å²) in [6.45, 7) is 4.93. The van der Waals surface area contributed by atoms with Crippen LogP contribution >= 0.6 is 7.94 Å². The van der Waals surface area contributed by atoms with Crippen molar-refractivity contribution >= 4 is 7.94 Å². The second-order valence-electron chi connectivity index (χ2n) is 5.88. The summed E-state index contributed by atoms with van der Waals surface area (Å²) in [6.07, 6.45) is 14.6. The minimum absolute atomic E-state index is 0.467. The average Bonchev–Trinajstić information content (AvgIpc) is 2.41. The summed E-state index contributed by atoms with van der Waals surface area (Å²) in [7, 11) is -3.35. The zero-order valence-corrected chi connectivity index (χ0v) is 14.7. The van der Waals surface area contributed by atoms with Crippen molar-refractivity contribution in [3.63, 3.8) is 0 Å². The normalized spacial score (nSPS) is 12.8. The van der Waals surface area contributed by atoms with Crippen LogP contribution in [-0.4, -0.2) is 22.6 Å². The Kier molecular flexibility index (Phi) is 14.5. The van der Waals surface area contributed by atoms with Crippen molar-refractivity contribution in [2.24, 2.45) is 0 Å². The fraction of sp³-hybridized carbons (Fsp3) is 1.00. The van der Waals surface area contributed by atoms with Crippen LogP contribution in [0, 0.1) is 0 Å². The van der Waals surface area contributed by atoms with E-state index in [1.165, 1.54) is 51.4 Å². The molecule has 3 nitrogen and oxygen atoms in total. The van der Waals surface area contributed by atoms with E-state index >= 15 is 0 Å². The van der Waals surface area contributed by atoms with Crippen LogP contribution in [-0.2, 0) is 4.52 Å². The summed E-state index contributed by atoms with van der Waals surface area (Å²) >= 11 is 0. The van der Waals surface area contributed by atoms with Gasteiger partial charge in [0.2, 0.25) is 0 Å². The molecule has 0 amide bonds. The van der Waals surface area contributed by atoms with Crippen LogP contribution < -0.4 is 0 Å². The number of hydrogen-bond acceptors (Lipinski definition) is 3. The molecule has 0 rings (SSSR count). The molecule has 0 bridgehead atoms. The monoisotopic (exact) mass is 308 g/mol. The van der Waals surface area contributed by atoms with E-state index in [-0.39, 0.29) is 0 Å². The van der Waals surface area contributed by atoms with Crippen molar-refractivity contribution in [2.45, 2.75) is 90.9 Å². The van der Waals surface area contributed by atoms with Gasteiger partial charge in [0.1, 0.15) is 0 Å². The van der Waals surface area contributed by atoms with E-state index in [0.29, 0.717) is 12.8 Å². The fourth-order valence-electron chi connectivity index (χ4n) is 2.33. The van der Waals surface area contributed by atoms with E-state index in [4.69, 9.17) is 4.52 Å². The first-order valence-corrected chi connectivity index (χ1v) is 10.7. The van der Waals surface area contributed by atoms with Gasteiger partial charge < -0.3 is 0 Å². The third-order valence-corrected chi connectivity index (χ3v) is 5.36. The summed E-state index contributed by atoms with van der Waals surface area (Å²) in [5.41, 5.74) is 0. The van der Waals surface area contributed by atoms with Crippen LogP contribution in [0.25, 0.3) is 0 Å². The Morgan fingerprint density at radius 1 is 0.650 bits per heavy atom. The molecule has 0 aromatic rings. The van der Waals surface area contributed by atoms with Gasteiger partial charge in [0.25, 0.3) is 0 Å². The average molecular weight is 308 g/mol. The maximum atomic E-state index is 9.83. The van der Waals surface area contributed by atoms with Crippen LogP contribution in [0.1, 0.15) is 90.9 Å². The van der Waals surface area contributed by atoms with Gasteiger partial charge in [-0.1, -0.05) is 0 Å². The molecular weight excluding hydrogens is 271 g/mol. The Bertz CT molecular complexity index is 198. The Hall–Kier alpha value is 0.310. The van der Waals surface area contributed by atoms with Crippen molar-refractivity contribution < 1.29 is 14.3 Å². The van der Waals surface area contributed by atoms with Gasteiger partial charge in [0.15, 0.2) is 0 Å². The van der Waals surface area contributed by atoms with E-state index in [2.05, 4.69) is 13.8 Å². The predicted octanol–water partition coefficient (Wildman–Crippen LogP) is 5.20. The molecule has 20 heavy (non-hydrogen) atoms. The molecule has 4 heteroatoms. The molecule has 0 aliphatic rings. The Labute approximate surface area is 126 Å². The van der Waals surface area contributed by atoms with Crippen molar-refractivity contribution in [1.29, 1.82) is 0 Å². The van der Waals surface area contributed by atoms with E-state index in [1.807, 2.05) is 0 Å². The summed E-state index contributed by atoms with van der Waals surface area (Å²) in [4.78, 5) is 19.7. The van der Waals surface area contributed by atoms with Gasteiger partial charge in [-0.2, -0.15) is 0 Å². The molecule has 124 valence electrons. The van der Waals surface area contributed by atoms with Crippen LogP contribution in [0.3, 0.4) is 0 Å². The summed E-state index contributed by atoms with van der Waals surface area (Å²) < 4.78 is 5.31. The van der Waals surface area contributed by atoms with Crippen molar-refractivity contribution in [1.82, 2.24) is 0 Å². The van der Waals surface area contributed by atoms with Gasteiger partial charge in [-0.25, -0.2) is 0 Å². The molecule has 0 heterocycles. The van der Waals surface area contributed by atoms with E-state index in [0.717, 1.165) is 25.7 Å². The zero-order chi connectivity index (χ0) is 15.1. The van der Waals surface area contributed by atoms with Gasteiger partial charge in [0, 0.05) is 0 Å². The fourth-order valence-corrected chi connectivity index (χ4v) is 3.65. The third-order valence-electron chi connectivity index (χ3n) is 3.69. The molecule has 0 aromatic carbocycles. The SMILES string of the molecule is CCCCCCCCO[PH](O)(O)CCCCCCCC. The summed E-state index contributed by atoms with van der Waals surface area (Å²) in [5, 5.41) is 0. The summed E-state index contributed by atoms with van der Waals surface area (Å²) in [6, 6.07) is 0. The maximum absolute atomic E-state index is 9.83. The van der Waals surface area contributed by atoms with Crippen molar-refractivity contribution in [3.05, 3.63) is 0 Å². The van der Waals surface area contributed by atoms with Gasteiger partial charge in [-0.3, -0.25) is 0 Å². The standard InChI is InChI=1S/C16H37O3P/c1-3-5-7-9-11-13-15-19-20(17,18)16-14-12-10-8-6-4-2/h17-18,20H,3-16H2,1-2H3. The van der Waals surface area contributed by atoms with Crippen LogP contribution in [0.15, 0.2) is 0 Å². The molecule has 0 radical (unpaired) electrons. The van der Waals surface area contributed by atoms with Crippen LogP contribution in [0.5, 0.6) is 0 Å². The zero-order valence-electron chi connectivity index (χ0n) is 13.7. The Balaban J connectivity index is 3.35. The Morgan fingerprint density at radius 3 is 1.65 bits per heavy atom. The van der Waals surface area contributed by atoms with E-state index in [9.17, 15) is 9.79 Å². The molecule has 0 unspecified atom stereocenters. The molecule has 2 N–H and O–H groups in total. The van der Waals surface area contributed by atoms with E-state index in [1.54, 1.807) is 0 Å². The molecule has 0 saturated heterocycles. The molecule has 0 atom stereocenters. The van der Waals surface area contributed by atoms with E-state index < -0.39 is 7.94 Å². The topological polar surface area (TPSA) is 49.7 Å².